The Hall–Kier alpha value is -3.17. The van der Waals surface area contributed by atoms with Gasteiger partial charge in [-0.1, -0.05) is 35.5 Å². The van der Waals surface area contributed by atoms with E-state index in [1.807, 2.05) is 0 Å². The largest absolute Gasteiger partial charge is 0.350 e. The van der Waals surface area contributed by atoms with Crippen molar-refractivity contribution in [2.75, 3.05) is 5.32 Å². The second kappa shape index (κ2) is 8.06. The Balaban J connectivity index is 1.60. The molecule has 0 atom stereocenters. The van der Waals surface area contributed by atoms with Crippen molar-refractivity contribution in [2.45, 2.75) is 16.5 Å². The van der Waals surface area contributed by atoms with Crippen molar-refractivity contribution in [3.05, 3.63) is 82.2 Å². The van der Waals surface area contributed by atoms with Gasteiger partial charge in [-0.25, -0.2) is 23.3 Å². The topological polar surface area (TPSA) is 81.3 Å². The van der Waals surface area contributed by atoms with Crippen LogP contribution in [0.15, 0.2) is 75.6 Å². The molecule has 0 saturated carbocycles. The van der Waals surface area contributed by atoms with E-state index in [9.17, 15) is 14.0 Å². The second-order valence-corrected chi connectivity index (χ2v) is 7.48. The summed E-state index contributed by atoms with van der Waals surface area (Å²) in [6.45, 7) is -0.281. The quantitative estimate of drug-likeness (QED) is 0.525. The number of benzene rings is 2. The third-order valence-corrected chi connectivity index (χ3v) is 5.09. The monoisotopic (exact) mass is 429 g/mol. The summed E-state index contributed by atoms with van der Waals surface area (Å²) in [7, 11) is 0. The third-order valence-electron chi connectivity index (χ3n) is 3.88. The highest BCUT2D eigenvalue weighted by Crippen LogP contribution is 2.28. The molecular formula is C19H13ClFN5O2S. The minimum Gasteiger partial charge on any atom is -0.324 e. The molecule has 2 aromatic carbocycles. The maximum Gasteiger partial charge on any atom is 0.350 e. The Morgan fingerprint density at radius 2 is 2.03 bits per heavy atom. The number of aromatic nitrogens is 4. The summed E-state index contributed by atoms with van der Waals surface area (Å²) in [5.41, 5.74) is 0.315. The van der Waals surface area contributed by atoms with Gasteiger partial charge in [0.05, 0.1) is 0 Å². The lowest BCUT2D eigenvalue weighted by Crippen LogP contribution is -2.28. The molecule has 0 unspecified atom stereocenters. The molecule has 0 saturated heterocycles. The molecule has 7 nitrogen and oxygen atoms in total. The van der Waals surface area contributed by atoms with Crippen LogP contribution in [0.3, 0.4) is 0 Å². The summed E-state index contributed by atoms with van der Waals surface area (Å²) >= 11 is 7.08. The molecule has 0 bridgehead atoms. The highest BCUT2D eigenvalue weighted by molar-refractivity contribution is 7.99. The van der Waals surface area contributed by atoms with Gasteiger partial charge in [0.15, 0.2) is 5.65 Å². The van der Waals surface area contributed by atoms with Gasteiger partial charge in [0.25, 0.3) is 0 Å². The lowest BCUT2D eigenvalue weighted by Gasteiger charge is -2.04. The molecular weight excluding hydrogens is 417 g/mol. The molecule has 29 heavy (non-hydrogen) atoms. The van der Waals surface area contributed by atoms with Crippen LogP contribution < -0.4 is 11.0 Å². The molecule has 0 spiro atoms. The number of nitrogens with one attached hydrogen (secondary N) is 1. The van der Waals surface area contributed by atoms with Gasteiger partial charge in [-0.3, -0.25) is 4.79 Å². The Bertz CT molecular complexity index is 1270. The first-order chi connectivity index (χ1) is 14.0. The molecule has 1 amide bonds. The fourth-order valence-corrected chi connectivity index (χ4v) is 3.72. The van der Waals surface area contributed by atoms with E-state index in [1.165, 1.54) is 40.7 Å². The Kier molecular flexibility index (Phi) is 5.32. The van der Waals surface area contributed by atoms with E-state index in [2.05, 4.69) is 15.4 Å². The number of hydrogen-bond acceptors (Lipinski definition) is 5. The predicted molar refractivity (Wildman–Crippen MR) is 108 cm³/mol. The predicted octanol–water partition coefficient (Wildman–Crippen LogP) is 3.47. The minimum atomic E-state index is -0.482. The molecule has 0 fully saturated rings. The molecule has 2 heterocycles. The number of amides is 1. The van der Waals surface area contributed by atoms with Crippen molar-refractivity contribution >= 4 is 40.6 Å². The summed E-state index contributed by atoms with van der Waals surface area (Å²) in [5, 5.41) is 7.81. The van der Waals surface area contributed by atoms with Crippen LogP contribution in [0, 0.1) is 5.82 Å². The van der Waals surface area contributed by atoms with E-state index >= 15 is 0 Å². The summed E-state index contributed by atoms with van der Waals surface area (Å²) < 4.78 is 15.8. The summed E-state index contributed by atoms with van der Waals surface area (Å²) in [4.78, 5) is 29.8. The fourth-order valence-electron chi connectivity index (χ4n) is 2.65. The Morgan fingerprint density at radius 3 is 2.83 bits per heavy atom. The van der Waals surface area contributed by atoms with E-state index in [0.29, 0.717) is 20.6 Å². The van der Waals surface area contributed by atoms with Gasteiger partial charge in [-0.15, -0.1) is 5.10 Å². The lowest BCUT2D eigenvalue weighted by atomic mass is 10.3. The lowest BCUT2D eigenvalue weighted by molar-refractivity contribution is -0.117. The molecule has 146 valence electrons. The first kappa shape index (κ1) is 19.2. The van der Waals surface area contributed by atoms with Crippen molar-refractivity contribution in [1.29, 1.82) is 0 Å². The van der Waals surface area contributed by atoms with Crippen LogP contribution in [0.25, 0.3) is 5.65 Å². The standard InChI is InChI=1S/C19H13ClFN5O2S/c20-12-3-1-5-14(9-12)23-16(27)11-26-19(28)25-8-7-22-18(17(25)24-26)29-15-6-2-4-13(21)10-15/h1-10H,11H2,(H,23,27). The molecule has 1 N–H and O–H groups in total. The van der Waals surface area contributed by atoms with E-state index in [-0.39, 0.29) is 18.0 Å². The van der Waals surface area contributed by atoms with Crippen molar-refractivity contribution in [1.82, 2.24) is 19.2 Å². The van der Waals surface area contributed by atoms with Gasteiger partial charge >= 0.3 is 5.69 Å². The van der Waals surface area contributed by atoms with E-state index in [4.69, 9.17) is 11.6 Å². The maximum absolute atomic E-state index is 13.4. The first-order valence-corrected chi connectivity index (χ1v) is 9.62. The van der Waals surface area contributed by atoms with Crippen LogP contribution in [-0.2, 0) is 11.3 Å². The SMILES string of the molecule is O=C(Cn1nc2c(Sc3cccc(F)c3)nccn2c1=O)Nc1cccc(Cl)c1. The summed E-state index contributed by atoms with van der Waals surface area (Å²) in [6, 6.07) is 12.7. The Labute approximate surface area is 173 Å². The van der Waals surface area contributed by atoms with Crippen molar-refractivity contribution in [3.63, 3.8) is 0 Å². The van der Waals surface area contributed by atoms with Gasteiger partial charge in [0.2, 0.25) is 5.91 Å². The highest BCUT2D eigenvalue weighted by atomic mass is 35.5. The smallest absolute Gasteiger partial charge is 0.324 e. The number of halogens is 2. The summed E-state index contributed by atoms with van der Waals surface area (Å²) in [5.74, 6) is -0.798. The van der Waals surface area contributed by atoms with Gasteiger partial charge in [0.1, 0.15) is 17.4 Å². The van der Waals surface area contributed by atoms with E-state index in [0.717, 1.165) is 4.68 Å². The number of fused-ring (bicyclic) bond motifs is 1. The molecule has 2 aromatic heterocycles. The Morgan fingerprint density at radius 1 is 1.21 bits per heavy atom. The fraction of sp³-hybridized carbons (Fsp3) is 0.0526. The zero-order valence-electron chi connectivity index (χ0n) is 14.8. The number of hydrogen-bond donors (Lipinski definition) is 1. The first-order valence-electron chi connectivity index (χ1n) is 8.42. The molecule has 0 aliphatic heterocycles. The molecule has 0 aliphatic rings. The van der Waals surface area contributed by atoms with Crippen molar-refractivity contribution in [3.8, 4) is 0 Å². The number of carbonyl (C=O) groups excluding carboxylic acids is 1. The van der Waals surface area contributed by atoms with Crippen LogP contribution in [-0.4, -0.2) is 25.1 Å². The molecule has 10 heteroatoms. The van der Waals surface area contributed by atoms with Crippen molar-refractivity contribution < 1.29 is 9.18 Å². The average Bonchev–Trinajstić information content (AvgIpc) is 2.99. The van der Waals surface area contributed by atoms with Crippen LogP contribution in [0.4, 0.5) is 10.1 Å². The number of anilines is 1. The third kappa shape index (κ3) is 4.30. The maximum atomic E-state index is 13.4. The normalized spacial score (nSPS) is 11.0. The van der Waals surface area contributed by atoms with Gasteiger partial charge in [0, 0.05) is 28.0 Å². The minimum absolute atomic E-state index is 0.280. The second-order valence-electron chi connectivity index (χ2n) is 5.98. The summed E-state index contributed by atoms with van der Waals surface area (Å²) in [6.07, 6.45) is 2.92. The molecule has 4 aromatic rings. The number of nitrogens with zero attached hydrogens (tertiary/aromatic N) is 4. The van der Waals surface area contributed by atoms with Crippen LogP contribution in [0.5, 0.6) is 0 Å². The zero-order valence-corrected chi connectivity index (χ0v) is 16.3. The molecule has 0 aliphatic carbocycles. The van der Waals surface area contributed by atoms with Crippen molar-refractivity contribution in [2.24, 2.45) is 0 Å². The molecule has 4 rings (SSSR count). The van der Waals surface area contributed by atoms with Crippen LogP contribution >= 0.6 is 23.4 Å². The van der Waals surface area contributed by atoms with Gasteiger partial charge in [-0.2, -0.15) is 0 Å². The zero-order chi connectivity index (χ0) is 20.4. The number of rotatable bonds is 5. The van der Waals surface area contributed by atoms with Crippen LogP contribution in [0.2, 0.25) is 5.02 Å². The van der Waals surface area contributed by atoms with Gasteiger partial charge in [-0.05, 0) is 36.4 Å². The van der Waals surface area contributed by atoms with E-state index in [1.54, 1.807) is 36.4 Å². The van der Waals surface area contributed by atoms with Gasteiger partial charge < -0.3 is 5.32 Å². The van der Waals surface area contributed by atoms with E-state index < -0.39 is 11.6 Å². The number of carbonyl (C=O) groups is 1. The van der Waals surface area contributed by atoms with Crippen LogP contribution in [0.1, 0.15) is 0 Å². The average molecular weight is 430 g/mol. The highest BCUT2D eigenvalue weighted by Gasteiger charge is 2.15. The molecule has 0 radical (unpaired) electrons.